The van der Waals surface area contributed by atoms with E-state index < -0.39 is 0 Å². The van der Waals surface area contributed by atoms with Gasteiger partial charge in [0.2, 0.25) is 5.88 Å². The van der Waals surface area contributed by atoms with Crippen LogP contribution in [0.4, 0.5) is 0 Å². The first kappa shape index (κ1) is 12.0. The van der Waals surface area contributed by atoms with Crippen LogP contribution in [0.2, 0.25) is 0 Å². The van der Waals surface area contributed by atoms with Gasteiger partial charge in [0.15, 0.2) is 0 Å². The largest absolute Gasteiger partial charge is 0.472 e. The molecule has 0 aliphatic rings. The van der Waals surface area contributed by atoms with Crippen molar-refractivity contribution >= 4 is 0 Å². The minimum atomic E-state index is -0.217. The number of rotatable bonds is 3. The third-order valence-electron chi connectivity index (χ3n) is 1.92. The van der Waals surface area contributed by atoms with Crippen molar-refractivity contribution in [3.63, 3.8) is 0 Å². The molecule has 1 aromatic heterocycles. The Hall–Kier alpha value is -1.09. The number of hydrogen-bond donors (Lipinski definition) is 1. The van der Waals surface area contributed by atoms with Crippen molar-refractivity contribution in [2.45, 2.75) is 46.3 Å². The van der Waals surface area contributed by atoms with Crippen LogP contribution >= 0.6 is 0 Å². The molecule has 0 radical (unpaired) electrons. The van der Waals surface area contributed by atoms with Gasteiger partial charge < -0.3 is 10.5 Å². The summed E-state index contributed by atoms with van der Waals surface area (Å²) in [7, 11) is 0. The molecule has 1 heterocycles. The number of ether oxygens (including phenoxy) is 1. The summed E-state index contributed by atoms with van der Waals surface area (Å²) in [5.74, 6) is 0.669. The zero-order valence-corrected chi connectivity index (χ0v) is 10.0. The lowest BCUT2D eigenvalue weighted by Gasteiger charge is -2.21. The van der Waals surface area contributed by atoms with E-state index in [4.69, 9.17) is 10.5 Å². The van der Waals surface area contributed by atoms with E-state index in [0.29, 0.717) is 12.4 Å². The first-order valence-electron chi connectivity index (χ1n) is 5.33. The highest BCUT2D eigenvalue weighted by Gasteiger charge is 2.13. The van der Waals surface area contributed by atoms with Crippen molar-refractivity contribution < 1.29 is 4.74 Å². The molecule has 0 amide bonds. The fourth-order valence-corrected chi connectivity index (χ4v) is 1.29. The van der Waals surface area contributed by atoms with Crippen LogP contribution in [0.3, 0.4) is 0 Å². The maximum atomic E-state index is 5.72. The molecule has 0 aromatic carbocycles. The Morgan fingerprint density at radius 1 is 1.33 bits per heavy atom. The van der Waals surface area contributed by atoms with Crippen LogP contribution in [-0.2, 0) is 13.0 Å². The van der Waals surface area contributed by atoms with E-state index in [0.717, 1.165) is 17.7 Å². The molecular formula is C12H20N2O. The van der Waals surface area contributed by atoms with Crippen LogP contribution in [0.15, 0.2) is 12.1 Å². The highest BCUT2D eigenvalue weighted by molar-refractivity contribution is 5.25. The molecule has 2 N–H and O–H groups in total. The molecule has 0 aliphatic heterocycles. The molecule has 0 spiro atoms. The molecule has 0 unspecified atom stereocenters. The highest BCUT2D eigenvalue weighted by atomic mass is 16.5. The van der Waals surface area contributed by atoms with Crippen LogP contribution < -0.4 is 10.5 Å². The van der Waals surface area contributed by atoms with Gasteiger partial charge in [-0.05, 0) is 38.8 Å². The second-order valence-electron chi connectivity index (χ2n) is 4.58. The fraction of sp³-hybridized carbons (Fsp3) is 0.583. The molecule has 1 aromatic rings. The maximum absolute atomic E-state index is 5.72. The average Bonchev–Trinajstić information content (AvgIpc) is 2.14. The van der Waals surface area contributed by atoms with Gasteiger partial charge in [-0.3, -0.25) is 0 Å². The van der Waals surface area contributed by atoms with Crippen LogP contribution in [-0.4, -0.2) is 10.6 Å². The van der Waals surface area contributed by atoms with E-state index >= 15 is 0 Å². The van der Waals surface area contributed by atoms with Crippen molar-refractivity contribution in [1.29, 1.82) is 0 Å². The molecule has 84 valence electrons. The summed E-state index contributed by atoms with van der Waals surface area (Å²) in [5.41, 5.74) is 7.50. The summed E-state index contributed by atoms with van der Waals surface area (Å²) in [6.07, 6.45) is 0.897. The highest BCUT2D eigenvalue weighted by Crippen LogP contribution is 2.18. The van der Waals surface area contributed by atoms with Gasteiger partial charge in [-0.15, -0.1) is 0 Å². The molecule has 3 heteroatoms. The van der Waals surface area contributed by atoms with Crippen molar-refractivity contribution in [1.82, 2.24) is 4.98 Å². The van der Waals surface area contributed by atoms with E-state index in [-0.39, 0.29) is 5.60 Å². The summed E-state index contributed by atoms with van der Waals surface area (Å²) >= 11 is 0. The van der Waals surface area contributed by atoms with Gasteiger partial charge in [-0.1, -0.05) is 6.92 Å². The van der Waals surface area contributed by atoms with Gasteiger partial charge in [-0.2, -0.15) is 0 Å². The van der Waals surface area contributed by atoms with E-state index in [9.17, 15) is 0 Å². The first-order chi connectivity index (χ1) is 6.94. The topological polar surface area (TPSA) is 48.1 Å². The smallest absolute Gasteiger partial charge is 0.214 e. The molecule has 1 rings (SSSR count). The summed E-state index contributed by atoms with van der Waals surface area (Å²) in [5, 5.41) is 0. The van der Waals surface area contributed by atoms with Crippen molar-refractivity contribution in [2.75, 3.05) is 0 Å². The summed E-state index contributed by atoms with van der Waals surface area (Å²) in [6, 6.07) is 3.93. The van der Waals surface area contributed by atoms with E-state index in [1.807, 2.05) is 32.9 Å². The predicted molar refractivity (Wildman–Crippen MR) is 61.9 cm³/mol. The van der Waals surface area contributed by atoms with Crippen LogP contribution in [0.5, 0.6) is 5.88 Å². The summed E-state index contributed by atoms with van der Waals surface area (Å²) in [6.45, 7) is 8.62. The number of nitrogens with zero attached hydrogens (tertiary/aromatic N) is 1. The maximum Gasteiger partial charge on any atom is 0.214 e. The van der Waals surface area contributed by atoms with Gasteiger partial charge in [0.05, 0.1) is 0 Å². The number of nitrogens with two attached hydrogens (primary N) is 1. The van der Waals surface area contributed by atoms with E-state index in [2.05, 4.69) is 11.9 Å². The molecule has 0 atom stereocenters. The normalized spacial score (nSPS) is 11.5. The Bertz CT molecular complexity index is 307. The van der Waals surface area contributed by atoms with Crippen molar-refractivity contribution in [3.8, 4) is 5.88 Å². The Kier molecular flexibility index (Phi) is 3.69. The van der Waals surface area contributed by atoms with Crippen molar-refractivity contribution in [3.05, 3.63) is 23.4 Å². The van der Waals surface area contributed by atoms with Gasteiger partial charge in [0, 0.05) is 18.3 Å². The van der Waals surface area contributed by atoms with Gasteiger partial charge in [0.1, 0.15) is 5.60 Å². The summed E-state index contributed by atoms with van der Waals surface area (Å²) < 4.78 is 5.72. The lowest BCUT2D eigenvalue weighted by atomic mass is 10.2. The Labute approximate surface area is 91.7 Å². The second kappa shape index (κ2) is 4.62. The molecule has 0 bridgehead atoms. The van der Waals surface area contributed by atoms with Crippen LogP contribution in [0, 0.1) is 0 Å². The van der Waals surface area contributed by atoms with Gasteiger partial charge in [-0.25, -0.2) is 4.98 Å². The average molecular weight is 208 g/mol. The minimum Gasteiger partial charge on any atom is -0.472 e. The van der Waals surface area contributed by atoms with Crippen molar-refractivity contribution in [2.24, 2.45) is 5.73 Å². The molecule has 15 heavy (non-hydrogen) atoms. The number of aryl methyl sites for hydroxylation is 1. The summed E-state index contributed by atoms with van der Waals surface area (Å²) in [4.78, 5) is 4.41. The molecule has 3 nitrogen and oxygen atoms in total. The first-order valence-corrected chi connectivity index (χ1v) is 5.33. The quantitative estimate of drug-likeness (QED) is 0.829. The number of pyridine rings is 1. The predicted octanol–water partition coefficient (Wildman–Crippen LogP) is 2.28. The minimum absolute atomic E-state index is 0.217. The Morgan fingerprint density at radius 2 is 2.00 bits per heavy atom. The molecule has 0 saturated heterocycles. The van der Waals surface area contributed by atoms with Gasteiger partial charge >= 0.3 is 0 Å². The molecular weight excluding hydrogens is 188 g/mol. The standard InChI is InChI=1S/C12H20N2O/c1-5-10-6-9(8-13)7-11(14-10)15-12(2,3)4/h6-7H,5,8,13H2,1-4H3. The zero-order valence-electron chi connectivity index (χ0n) is 10.0. The van der Waals surface area contributed by atoms with E-state index in [1.165, 1.54) is 0 Å². The zero-order chi connectivity index (χ0) is 11.5. The molecule has 0 saturated carbocycles. The Morgan fingerprint density at radius 3 is 2.47 bits per heavy atom. The SMILES string of the molecule is CCc1cc(CN)cc(OC(C)(C)C)n1. The Balaban J connectivity index is 2.97. The monoisotopic (exact) mass is 208 g/mol. The number of hydrogen-bond acceptors (Lipinski definition) is 3. The van der Waals surface area contributed by atoms with Crippen LogP contribution in [0.1, 0.15) is 39.0 Å². The fourth-order valence-electron chi connectivity index (χ4n) is 1.29. The lowest BCUT2D eigenvalue weighted by molar-refractivity contribution is 0.123. The number of aromatic nitrogens is 1. The molecule has 0 fully saturated rings. The lowest BCUT2D eigenvalue weighted by Crippen LogP contribution is -2.23. The van der Waals surface area contributed by atoms with Gasteiger partial charge in [0.25, 0.3) is 0 Å². The second-order valence-corrected chi connectivity index (χ2v) is 4.58. The third-order valence-corrected chi connectivity index (χ3v) is 1.92. The van der Waals surface area contributed by atoms with E-state index in [1.54, 1.807) is 0 Å². The van der Waals surface area contributed by atoms with Crippen LogP contribution in [0.25, 0.3) is 0 Å². The molecule has 0 aliphatic carbocycles. The third kappa shape index (κ3) is 3.88.